The van der Waals surface area contributed by atoms with Crippen LogP contribution in [0.2, 0.25) is 0 Å². The van der Waals surface area contributed by atoms with Crippen LogP contribution in [0.15, 0.2) is 48.2 Å². The van der Waals surface area contributed by atoms with Crippen molar-refractivity contribution in [3.05, 3.63) is 53.8 Å². The van der Waals surface area contributed by atoms with Crippen LogP contribution in [0.4, 0.5) is 5.69 Å². The summed E-state index contributed by atoms with van der Waals surface area (Å²) in [6.07, 6.45) is 5.14. The lowest BCUT2D eigenvalue weighted by molar-refractivity contribution is -0.134. The first-order chi connectivity index (χ1) is 8.98. The average molecular weight is 257 g/mol. The summed E-state index contributed by atoms with van der Waals surface area (Å²) in [5.41, 5.74) is 3.61. The number of methoxy groups -OCH3 is 1. The lowest BCUT2D eigenvalue weighted by atomic mass is 9.84. The third-order valence-corrected chi connectivity index (χ3v) is 3.63. The molecule has 0 spiro atoms. The molecule has 3 nitrogen and oxygen atoms in total. The molecule has 0 saturated carbocycles. The number of likely N-dealkylation sites (N-methyl/N-ethyl adjacent to an activating group) is 1. The van der Waals surface area contributed by atoms with E-state index in [0.29, 0.717) is 0 Å². The molecule has 100 valence electrons. The van der Waals surface area contributed by atoms with Gasteiger partial charge in [0.25, 0.3) is 0 Å². The molecule has 1 aliphatic rings. The van der Waals surface area contributed by atoms with E-state index >= 15 is 0 Å². The van der Waals surface area contributed by atoms with Crippen LogP contribution in [-0.4, -0.2) is 20.1 Å². The second-order valence-electron chi connectivity index (χ2n) is 5.14. The van der Waals surface area contributed by atoms with Crippen LogP contribution in [0.25, 0.3) is 0 Å². The van der Waals surface area contributed by atoms with Gasteiger partial charge in [-0.15, -0.1) is 0 Å². The Kier molecular flexibility index (Phi) is 3.47. The highest BCUT2D eigenvalue weighted by atomic mass is 16.5. The van der Waals surface area contributed by atoms with Gasteiger partial charge in [0.1, 0.15) is 0 Å². The summed E-state index contributed by atoms with van der Waals surface area (Å²) in [6, 6.07) is 8.36. The number of anilines is 1. The van der Waals surface area contributed by atoms with Crippen molar-refractivity contribution in [1.29, 1.82) is 0 Å². The largest absolute Gasteiger partial charge is 0.466 e. The van der Waals surface area contributed by atoms with Crippen LogP contribution in [0.5, 0.6) is 0 Å². The highest BCUT2D eigenvalue weighted by Crippen LogP contribution is 2.46. The summed E-state index contributed by atoms with van der Waals surface area (Å²) in [7, 11) is 3.42. The molecule has 0 atom stereocenters. The SMILES string of the molecule is COC(=O)/C=C/C=C1/N(C)c2ccccc2C1(C)C. The van der Waals surface area contributed by atoms with Crippen LogP contribution in [0.1, 0.15) is 19.4 Å². The van der Waals surface area contributed by atoms with Crippen molar-refractivity contribution >= 4 is 11.7 Å². The number of rotatable bonds is 2. The van der Waals surface area contributed by atoms with Crippen molar-refractivity contribution in [1.82, 2.24) is 0 Å². The van der Waals surface area contributed by atoms with E-state index in [4.69, 9.17) is 0 Å². The molecule has 2 rings (SSSR count). The molecule has 0 aliphatic carbocycles. The summed E-state index contributed by atoms with van der Waals surface area (Å²) < 4.78 is 4.59. The number of hydrogen-bond donors (Lipinski definition) is 0. The van der Waals surface area contributed by atoms with Crippen molar-refractivity contribution in [2.45, 2.75) is 19.3 Å². The number of carbonyl (C=O) groups is 1. The lowest BCUT2D eigenvalue weighted by Gasteiger charge is -2.23. The Labute approximate surface area is 114 Å². The highest BCUT2D eigenvalue weighted by Gasteiger charge is 2.37. The predicted molar refractivity (Wildman–Crippen MR) is 77.1 cm³/mol. The maximum atomic E-state index is 11.1. The molecule has 3 heteroatoms. The predicted octanol–water partition coefficient (Wildman–Crippen LogP) is 3.03. The first-order valence-electron chi connectivity index (χ1n) is 6.28. The molecule has 0 fully saturated rings. The van der Waals surface area contributed by atoms with Crippen molar-refractivity contribution < 1.29 is 9.53 Å². The molecular weight excluding hydrogens is 238 g/mol. The quantitative estimate of drug-likeness (QED) is 0.602. The molecule has 0 unspecified atom stereocenters. The number of allylic oxidation sites excluding steroid dienone is 3. The van der Waals surface area contributed by atoms with Crippen LogP contribution in [-0.2, 0) is 14.9 Å². The Balaban J connectivity index is 2.37. The van der Waals surface area contributed by atoms with Gasteiger partial charge in [-0.1, -0.05) is 38.1 Å². The van der Waals surface area contributed by atoms with Crippen LogP contribution >= 0.6 is 0 Å². The number of carbonyl (C=O) groups excluding carboxylic acids is 1. The maximum absolute atomic E-state index is 11.1. The zero-order valence-corrected chi connectivity index (χ0v) is 11.8. The number of fused-ring (bicyclic) bond motifs is 1. The third-order valence-electron chi connectivity index (χ3n) is 3.63. The van der Waals surface area contributed by atoms with Crippen LogP contribution in [0.3, 0.4) is 0 Å². The molecular formula is C16H19NO2. The van der Waals surface area contributed by atoms with E-state index in [2.05, 4.69) is 41.7 Å². The van der Waals surface area contributed by atoms with Gasteiger partial charge in [-0.3, -0.25) is 0 Å². The van der Waals surface area contributed by atoms with Crippen molar-refractivity contribution in [2.75, 3.05) is 19.1 Å². The van der Waals surface area contributed by atoms with E-state index < -0.39 is 0 Å². The average Bonchev–Trinajstić information content (AvgIpc) is 2.60. The molecule has 0 radical (unpaired) electrons. The fraction of sp³-hybridized carbons (Fsp3) is 0.312. The van der Waals surface area contributed by atoms with Gasteiger partial charge < -0.3 is 9.64 Å². The van der Waals surface area contributed by atoms with Crippen molar-refractivity contribution in [3.8, 4) is 0 Å². The van der Waals surface area contributed by atoms with Crippen molar-refractivity contribution in [2.24, 2.45) is 0 Å². The van der Waals surface area contributed by atoms with E-state index in [1.54, 1.807) is 6.08 Å². The van der Waals surface area contributed by atoms with E-state index in [-0.39, 0.29) is 11.4 Å². The van der Waals surface area contributed by atoms with Gasteiger partial charge in [0.15, 0.2) is 0 Å². The summed E-state index contributed by atoms with van der Waals surface area (Å²) >= 11 is 0. The smallest absolute Gasteiger partial charge is 0.330 e. The summed E-state index contributed by atoms with van der Waals surface area (Å²) in [5.74, 6) is -0.340. The number of hydrogen-bond acceptors (Lipinski definition) is 3. The fourth-order valence-electron chi connectivity index (χ4n) is 2.59. The van der Waals surface area contributed by atoms with E-state index in [0.717, 1.165) is 5.70 Å². The van der Waals surface area contributed by atoms with Gasteiger partial charge in [0.2, 0.25) is 0 Å². The minimum atomic E-state index is -0.340. The first kappa shape index (κ1) is 13.4. The third kappa shape index (κ3) is 2.28. The topological polar surface area (TPSA) is 29.5 Å². The molecule has 1 heterocycles. The Morgan fingerprint density at radius 2 is 2.00 bits per heavy atom. The number of ether oxygens (including phenoxy) is 1. The Morgan fingerprint density at radius 1 is 1.32 bits per heavy atom. The van der Waals surface area contributed by atoms with Crippen LogP contribution < -0.4 is 4.90 Å². The molecule has 0 aromatic heterocycles. The summed E-state index contributed by atoms with van der Waals surface area (Å²) in [6.45, 7) is 4.38. The molecule has 0 amide bonds. The zero-order chi connectivity index (χ0) is 14.0. The Hall–Kier alpha value is -2.03. The van der Waals surface area contributed by atoms with Gasteiger partial charge in [0.05, 0.1) is 7.11 Å². The van der Waals surface area contributed by atoms with E-state index in [1.807, 2.05) is 19.2 Å². The number of nitrogens with zero attached hydrogens (tertiary/aromatic N) is 1. The standard InChI is InChI=1S/C16H19NO2/c1-16(2)12-8-5-6-9-13(12)17(3)14(16)10-7-11-15(18)19-4/h5-11H,1-4H3/b11-7+,14-10+. The summed E-state index contributed by atoms with van der Waals surface area (Å²) in [5, 5.41) is 0. The lowest BCUT2D eigenvalue weighted by Crippen LogP contribution is -2.22. The second kappa shape index (κ2) is 4.92. The van der Waals surface area contributed by atoms with Gasteiger partial charge in [-0.2, -0.15) is 0 Å². The molecule has 0 N–H and O–H groups in total. The van der Waals surface area contributed by atoms with Gasteiger partial charge in [0, 0.05) is 29.9 Å². The van der Waals surface area contributed by atoms with Gasteiger partial charge >= 0.3 is 5.97 Å². The van der Waals surface area contributed by atoms with Gasteiger partial charge in [-0.05, 0) is 17.7 Å². The molecule has 1 aromatic rings. The number of benzene rings is 1. The maximum Gasteiger partial charge on any atom is 0.330 e. The minimum absolute atomic E-state index is 0.0637. The minimum Gasteiger partial charge on any atom is -0.466 e. The Bertz CT molecular complexity index is 556. The monoisotopic (exact) mass is 257 g/mol. The fourth-order valence-corrected chi connectivity index (χ4v) is 2.59. The van der Waals surface area contributed by atoms with E-state index in [1.165, 1.54) is 24.4 Å². The summed E-state index contributed by atoms with van der Waals surface area (Å²) in [4.78, 5) is 13.3. The Morgan fingerprint density at radius 3 is 2.63 bits per heavy atom. The normalized spacial score (nSPS) is 18.9. The molecule has 0 bridgehead atoms. The second-order valence-corrected chi connectivity index (χ2v) is 5.14. The first-order valence-corrected chi connectivity index (χ1v) is 6.28. The number of para-hydroxylation sites is 1. The van der Waals surface area contributed by atoms with E-state index in [9.17, 15) is 4.79 Å². The zero-order valence-electron chi connectivity index (χ0n) is 11.8. The number of esters is 1. The molecule has 1 aliphatic heterocycles. The van der Waals surface area contributed by atoms with Crippen LogP contribution in [0, 0.1) is 0 Å². The van der Waals surface area contributed by atoms with Crippen molar-refractivity contribution in [3.63, 3.8) is 0 Å². The molecule has 0 saturated heterocycles. The van der Waals surface area contributed by atoms with Gasteiger partial charge in [-0.25, -0.2) is 4.79 Å². The molecule has 1 aromatic carbocycles. The highest BCUT2D eigenvalue weighted by molar-refractivity contribution is 5.82. The molecule has 19 heavy (non-hydrogen) atoms.